The Balaban J connectivity index is 1.77. The molecule has 1 heterocycles. The van der Waals surface area contributed by atoms with Crippen molar-refractivity contribution in [3.63, 3.8) is 0 Å². The maximum atomic E-state index is 12.7. The summed E-state index contributed by atoms with van der Waals surface area (Å²) in [7, 11) is 0. The molecule has 0 saturated carbocycles. The van der Waals surface area contributed by atoms with Crippen molar-refractivity contribution in [3.05, 3.63) is 46.0 Å². The summed E-state index contributed by atoms with van der Waals surface area (Å²) in [5, 5.41) is 2.96. The standard InChI is InChI=1S/C15H14F3N3OS/c16-15(17,18)9-3-1-2-8(6-9)13(22)21-14-20-11-5-4-10(19)7-12(11)23-14/h1-3,6,10H,4-5,7,19H2,(H,20,21,22)/t10-/m0/s1. The second kappa shape index (κ2) is 5.93. The number of carbonyl (C=O) groups is 1. The summed E-state index contributed by atoms with van der Waals surface area (Å²) in [6.45, 7) is 0. The Bertz CT molecular complexity index is 742. The number of alkyl halides is 3. The third-order valence-electron chi connectivity index (χ3n) is 3.65. The smallest absolute Gasteiger partial charge is 0.327 e. The Labute approximate surface area is 134 Å². The molecule has 0 spiro atoms. The number of carbonyl (C=O) groups excluding carboxylic acids is 1. The molecule has 0 saturated heterocycles. The van der Waals surface area contributed by atoms with Gasteiger partial charge in [-0.25, -0.2) is 4.98 Å². The highest BCUT2D eigenvalue weighted by molar-refractivity contribution is 7.15. The summed E-state index contributed by atoms with van der Waals surface area (Å²) in [6.07, 6.45) is -2.16. The maximum Gasteiger partial charge on any atom is 0.416 e. The number of aryl methyl sites for hydroxylation is 1. The molecular formula is C15H14F3N3OS. The number of hydrogen-bond donors (Lipinski definition) is 2. The van der Waals surface area contributed by atoms with E-state index in [0.717, 1.165) is 35.5 Å². The minimum Gasteiger partial charge on any atom is -0.327 e. The van der Waals surface area contributed by atoms with Crippen molar-refractivity contribution >= 4 is 22.4 Å². The summed E-state index contributed by atoms with van der Waals surface area (Å²) in [4.78, 5) is 17.5. The van der Waals surface area contributed by atoms with Crippen molar-refractivity contribution in [2.45, 2.75) is 31.5 Å². The van der Waals surface area contributed by atoms with Gasteiger partial charge in [-0.3, -0.25) is 10.1 Å². The third-order valence-corrected chi connectivity index (χ3v) is 4.69. The second-order valence-electron chi connectivity index (χ2n) is 5.42. The minimum atomic E-state index is -4.48. The van der Waals surface area contributed by atoms with Gasteiger partial charge in [0.05, 0.1) is 11.3 Å². The van der Waals surface area contributed by atoms with E-state index in [-0.39, 0.29) is 11.6 Å². The molecule has 1 aliphatic rings. The lowest BCUT2D eigenvalue weighted by Gasteiger charge is -2.15. The van der Waals surface area contributed by atoms with Crippen LogP contribution >= 0.6 is 11.3 Å². The lowest BCUT2D eigenvalue weighted by molar-refractivity contribution is -0.137. The number of anilines is 1. The molecular weight excluding hydrogens is 327 g/mol. The summed E-state index contributed by atoms with van der Waals surface area (Å²) < 4.78 is 38.1. The van der Waals surface area contributed by atoms with E-state index in [0.29, 0.717) is 11.6 Å². The number of nitrogens with zero attached hydrogens (tertiary/aromatic N) is 1. The maximum absolute atomic E-state index is 12.7. The third kappa shape index (κ3) is 3.53. The summed E-state index contributed by atoms with van der Waals surface area (Å²) in [6, 6.07) is 4.41. The second-order valence-corrected chi connectivity index (χ2v) is 6.51. The predicted octanol–water partition coefficient (Wildman–Crippen LogP) is 3.23. The quantitative estimate of drug-likeness (QED) is 0.881. The van der Waals surface area contributed by atoms with Gasteiger partial charge in [0.2, 0.25) is 0 Å². The normalized spacial score (nSPS) is 17.7. The number of nitrogens with two attached hydrogens (primary N) is 1. The molecule has 1 amide bonds. The van der Waals surface area contributed by atoms with Gasteiger partial charge in [0.15, 0.2) is 5.13 Å². The van der Waals surface area contributed by atoms with E-state index in [1.54, 1.807) is 0 Å². The first-order chi connectivity index (χ1) is 10.8. The molecule has 1 aliphatic carbocycles. The van der Waals surface area contributed by atoms with Crippen LogP contribution in [0.3, 0.4) is 0 Å². The zero-order valence-corrected chi connectivity index (χ0v) is 12.8. The van der Waals surface area contributed by atoms with Crippen LogP contribution in [0.25, 0.3) is 0 Å². The molecule has 122 valence electrons. The van der Waals surface area contributed by atoms with Crippen molar-refractivity contribution in [1.82, 2.24) is 4.98 Å². The van der Waals surface area contributed by atoms with Gasteiger partial charge in [-0.15, -0.1) is 11.3 Å². The monoisotopic (exact) mass is 341 g/mol. The van der Waals surface area contributed by atoms with Crippen molar-refractivity contribution < 1.29 is 18.0 Å². The highest BCUT2D eigenvalue weighted by atomic mass is 32.1. The van der Waals surface area contributed by atoms with E-state index in [1.807, 2.05) is 0 Å². The van der Waals surface area contributed by atoms with Crippen LogP contribution in [0.15, 0.2) is 24.3 Å². The molecule has 1 atom stereocenters. The van der Waals surface area contributed by atoms with Crippen LogP contribution in [-0.2, 0) is 19.0 Å². The Hall–Kier alpha value is -1.93. The number of amides is 1. The number of rotatable bonds is 2. The molecule has 0 radical (unpaired) electrons. The van der Waals surface area contributed by atoms with E-state index in [2.05, 4.69) is 10.3 Å². The number of thiazole rings is 1. The Kier molecular flexibility index (Phi) is 4.11. The van der Waals surface area contributed by atoms with Crippen molar-refractivity contribution in [2.75, 3.05) is 5.32 Å². The highest BCUT2D eigenvalue weighted by Crippen LogP contribution is 2.31. The molecule has 23 heavy (non-hydrogen) atoms. The largest absolute Gasteiger partial charge is 0.416 e. The molecule has 1 aromatic heterocycles. The van der Waals surface area contributed by atoms with Gasteiger partial charge in [-0.2, -0.15) is 13.2 Å². The lowest BCUT2D eigenvalue weighted by Crippen LogP contribution is -2.27. The summed E-state index contributed by atoms with van der Waals surface area (Å²) in [5.74, 6) is -0.605. The molecule has 2 aromatic rings. The highest BCUT2D eigenvalue weighted by Gasteiger charge is 2.31. The number of nitrogens with one attached hydrogen (secondary N) is 1. The van der Waals surface area contributed by atoms with Crippen molar-refractivity contribution in [1.29, 1.82) is 0 Å². The number of fused-ring (bicyclic) bond motifs is 1. The first-order valence-corrected chi connectivity index (χ1v) is 7.87. The van der Waals surface area contributed by atoms with Gasteiger partial charge < -0.3 is 5.73 Å². The molecule has 0 bridgehead atoms. The molecule has 1 aromatic carbocycles. The first-order valence-electron chi connectivity index (χ1n) is 7.05. The predicted molar refractivity (Wildman–Crippen MR) is 81.5 cm³/mol. The zero-order chi connectivity index (χ0) is 16.6. The average molecular weight is 341 g/mol. The topological polar surface area (TPSA) is 68.0 Å². The van der Waals surface area contributed by atoms with E-state index in [1.165, 1.54) is 23.5 Å². The first kappa shape index (κ1) is 15.9. The SMILES string of the molecule is N[C@H]1CCc2nc(NC(=O)c3cccc(C(F)(F)F)c3)sc2C1. The van der Waals surface area contributed by atoms with Crippen LogP contribution in [0.2, 0.25) is 0 Å². The Morgan fingerprint density at radius 1 is 1.39 bits per heavy atom. The average Bonchev–Trinajstić information content (AvgIpc) is 2.87. The van der Waals surface area contributed by atoms with Gasteiger partial charge in [0, 0.05) is 16.5 Å². The molecule has 0 fully saturated rings. The van der Waals surface area contributed by atoms with Gasteiger partial charge in [0.25, 0.3) is 5.91 Å². The lowest BCUT2D eigenvalue weighted by atomic mass is 9.99. The molecule has 4 nitrogen and oxygen atoms in total. The molecule has 8 heteroatoms. The summed E-state index contributed by atoms with van der Waals surface area (Å²) >= 11 is 1.33. The molecule has 3 N–H and O–H groups in total. The van der Waals surface area contributed by atoms with E-state index >= 15 is 0 Å². The Morgan fingerprint density at radius 2 is 2.17 bits per heavy atom. The molecule has 3 rings (SSSR count). The number of aromatic nitrogens is 1. The van der Waals surface area contributed by atoms with Crippen LogP contribution in [0.1, 0.15) is 32.9 Å². The van der Waals surface area contributed by atoms with E-state index in [4.69, 9.17) is 5.73 Å². The minimum absolute atomic E-state index is 0.0512. The number of benzene rings is 1. The number of halogens is 3. The van der Waals surface area contributed by atoms with Crippen LogP contribution < -0.4 is 11.1 Å². The van der Waals surface area contributed by atoms with Crippen LogP contribution in [0.4, 0.5) is 18.3 Å². The van der Waals surface area contributed by atoms with E-state index in [9.17, 15) is 18.0 Å². The molecule has 0 aliphatic heterocycles. The number of hydrogen-bond acceptors (Lipinski definition) is 4. The van der Waals surface area contributed by atoms with Crippen LogP contribution in [-0.4, -0.2) is 16.9 Å². The Morgan fingerprint density at radius 3 is 2.91 bits per heavy atom. The van der Waals surface area contributed by atoms with Gasteiger partial charge in [0.1, 0.15) is 0 Å². The van der Waals surface area contributed by atoms with Crippen molar-refractivity contribution in [2.24, 2.45) is 5.73 Å². The zero-order valence-electron chi connectivity index (χ0n) is 12.0. The van der Waals surface area contributed by atoms with Crippen LogP contribution in [0, 0.1) is 0 Å². The van der Waals surface area contributed by atoms with Crippen LogP contribution in [0.5, 0.6) is 0 Å². The van der Waals surface area contributed by atoms with Gasteiger partial charge in [-0.05, 0) is 37.5 Å². The fourth-order valence-electron chi connectivity index (χ4n) is 2.46. The van der Waals surface area contributed by atoms with Gasteiger partial charge >= 0.3 is 6.18 Å². The van der Waals surface area contributed by atoms with Gasteiger partial charge in [-0.1, -0.05) is 6.07 Å². The van der Waals surface area contributed by atoms with Crippen molar-refractivity contribution in [3.8, 4) is 0 Å². The summed E-state index contributed by atoms with van der Waals surface area (Å²) in [5.41, 5.74) is 5.90. The van der Waals surface area contributed by atoms with E-state index < -0.39 is 17.6 Å². The fourth-order valence-corrected chi connectivity index (χ4v) is 3.56. The fraction of sp³-hybridized carbons (Fsp3) is 0.333. The molecule has 0 unspecified atom stereocenters.